The Balaban J connectivity index is 2.07. The Morgan fingerprint density at radius 3 is 2.68 bits per heavy atom. The number of halogens is 1. The summed E-state index contributed by atoms with van der Waals surface area (Å²) in [6, 6.07) is 8.30. The molecule has 6 nitrogen and oxygen atoms in total. The van der Waals surface area contributed by atoms with Crippen LogP contribution in [-0.2, 0) is 16.6 Å². The van der Waals surface area contributed by atoms with Gasteiger partial charge in [-0.2, -0.15) is 0 Å². The van der Waals surface area contributed by atoms with Crippen molar-refractivity contribution in [3.63, 3.8) is 0 Å². The molecule has 0 atom stereocenters. The topological polar surface area (TPSA) is 88.4 Å². The van der Waals surface area contributed by atoms with Crippen molar-refractivity contribution >= 4 is 33.2 Å². The van der Waals surface area contributed by atoms with Crippen molar-refractivity contribution in [3.05, 3.63) is 52.4 Å². The maximum atomic E-state index is 12.1. The van der Waals surface area contributed by atoms with Crippen LogP contribution in [0.1, 0.15) is 21.9 Å². The molecule has 8 heteroatoms. The quantitative estimate of drug-likeness (QED) is 0.874. The summed E-state index contributed by atoms with van der Waals surface area (Å²) in [7, 11) is -3.32. The van der Waals surface area contributed by atoms with Crippen molar-refractivity contribution in [2.45, 2.75) is 13.5 Å². The van der Waals surface area contributed by atoms with Crippen LogP contribution in [0.2, 0.25) is 5.02 Å². The van der Waals surface area contributed by atoms with Crippen molar-refractivity contribution in [1.29, 1.82) is 0 Å². The number of aryl methyl sites for hydroxylation is 1. The molecule has 22 heavy (non-hydrogen) atoms. The summed E-state index contributed by atoms with van der Waals surface area (Å²) in [5.74, 6) is -0.0492. The van der Waals surface area contributed by atoms with Crippen LogP contribution in [0.15, 0.2) is 34.7 Å². The summed E-state index contributed by atoms with van der Waals surface area (Å²) in [5.41, 5.74) is 1.33. The van der Waals surface area contributed by atoms with E-state index in [0.717, 1.165) is 11.8 Å². The van der Waals surface area contributed by atoms with E-state index < -0.39 is 15.9 Å². The van der Waals surface area contributed by atoms with Crippen LogP contribution in [0.4, 0.5) is 5.69 Å². The molecular formula is C14H15ClN2O4S. The van der Waals surface area contributed by atoms with Crippen molar-refractivity contribution in [2.24, 2.45) is 0 Å². The van der Waals surface area contributed by atoms with Gasteiger partial charge in [0, 0.05) is 0 Å². The fraction of sp³-hybridized carbons (Fsp3) is 0.214. The van der Waals surface area contributed by atoms with Gasteiger partial charge in [0.25, 0.3) is 5.91 Å². The van der Waals surface area contributed by atoms with Gasteiger partial charge in [-0.1, -0.05) is 23.7 Å². The summed E-state index contributed by atoms with van der Waals surface area (Å²) < 4.78 is 29.6. The number of furan rings is 1. The highest BCUT2D eigenvalue weighted by Crippen LogP contribution is 2.25. The second-order valence-corrected chi connectivity index (χ2v) is 6.96. The van der Waals surface area contributed by atoms with Gasteiger partial charge in [-0.25, -0.2) is 13.1 Å². The number of carbonyl (C=O) groups is 1. The van der Waals surface area contributed by atoms with E-state index in [0.29, 0.717) is 16.5 Å². The van der Waals surface area contributed by atoms with E-state index in [-0.39, 0.29) is 12.3 Å². The van der Waals surface area contributed by atoms with Crippen LogP contribution in [0.3, 0.4) is 0 Å². The van der Waals surface area contributed by atoms with E-state index in [1.807, 2.05) is 13.0 Å². The van der Waals surface area contributed by atoms with E-state index in [2.05, 4.69) is 10.0 Å². The monoisotopic (exact) mass is 342 g/mol. The number of hydrogen-bond donors (Lipinski definition) is 2. The van der Waals surface area contributed by atoms with E-state index in [1.165, 1.54) is 12.1 Å². The van der Waals surface area contributed by atoms with Crippen molar-refractivity contribution in [3.8, 4) is 0 Å². The first kappa shape index (κ1) is 16.5. The Labute approximate surface area is 133 Å². The number of amides is 1. The van der Waals surface area contributed by atoms with E-state index in [9.17, 15) is 13.2 Å². The molecule has 2 rings (SSSR count). The molecule has 0 saturated heterocycles. The maximum absolute atomic E-state index is 12.1. The fourth-order valence-corrected chi connectivity index (χ4v) is 2.30. The normalized spacial score (nSPS) is 11.4. The van der Waals surface area contributed by atoms with Crippen LogP contribution in [0.5, 0.6) is 0 Å². The lowest BCUT2D eigenvalue weighted by molar-refractivity contribution is 0.0995. The van der Waals surface area contributed by atoms with Crippen LogP contribution in [0.25, 0.3) is 0 Å². The smallest absolute Gasteiger partial charge is 0.291 e. The molecule has 0 fully saturated rings. The van der Waals surface area contributed by atoms with Gasteiger partial charge >= 0.3 is 0 Å². The molecule has 1 amide bonds. The number of benzene rings is 1. The SMILES string of the molecule is Cc1cccc(NC(=O)c2ccc(CNS(C)(=O)=O)o2)c1Cl. The second kappa shape index (κ2) is 6.51. The van der Waals surface area contributed by atoms with Crippen molar-refractivity contribution in [1.82, 2.24) is 4.72 Å². The van der Waals surface area contributed by atoms with E-state index in [1.54, 1.807) is 12.1 Å². The minimum absolute atomic E-state index is 0.0166. The number of hydrogen-bond acceptors (Lipinski definition) is 4. The van der Waals surface area contributed by atoms with Gasteiger partial charge in [0.05, 0.1) is 23.5 Å². The van der Waals surface area contributed by atoms with Gasteiger partial charge in [0.1, 0.15) is 5.76 Å². The van der Waals surface area contributed by atoms with Gasteiger partial charge in [0.2, 0.25) is 10.0 Å². The number of carbonyl (C=O) groups excluding carboxylic acids is 1. The predicted octanol–water partition coefficient (Wildman–Crippen LogP) is 2.54. The molecule has 0 unspecified atom stereocenters. The van der Waals surface area contributed by atoms with Crippen LogP contribution < -0.4 is 10.0 Å². The number of sulfonamides is 1. The molecule has 2 N–H and O–H groups in total. The third kappa shape index (κ3) is 4.33. The van der Waals surface area contributed by atoms with Gasteiger partial charge in [-0.3, -0.25) is 4.79 Å². The average Bonchev–Trinajstić information content (AvgIpc) is 2.90. The number of anilines is 1. The zero-order chi connectivity index (χ0) is 16.3. The molecular weight excluding hydrogens is 328 g/mol. The highest BCUT2D eigenvalue weighted by atomic mass is 35.5. The minimum Gasteiger partial charge on any atom is -0.455 e. The summed E-state index contributed by atoms with van der Waals surface area (Å²) in [6.45, 7) is 1.82. The van der Waals surface area contributed by atoms with Crippen LogP contribution in [-0.4, -0.2) is 20.6 Å². The second-order valence-electron chi connectivity index (χ2n) is 4.75. The van der Waals surface area contributed by atoms with Crippen molar-refractivity contribution < 1.29 is 17.6 Å². The molecule has 0 aliphatic carbocycles. The molecule has 0 aliphatic heterocycles. The van der Waals surface area contributed by atoms with Crippen LogP contribution in [0, 0.1) is 6.92 Å². The maximum Gasteiger partial charge on any atom is 0.291 e. The van der Waals surface area contributed by atoms with E-state index in [4.69, 9.17) is 16.0 Å². The third-order valence-corrected chi connectivity index (χ3v) is 4.00. The molecule has 0 radical (unpaired) electrons. The fourth-order valence-electron chi connectivity index (χ4n) is 1.73. The standard InChI is InChI=1S/C14H15ClN2O4S/c1-9-4-3-5-11(13(9)15)17-14(18)12-7-6-10(21-12)8-16-22(2,19)20/h3-7,16H,8H2,1-2H3,(H,17,18). The summed E-state index contributed by atoms with van der Waals surface area (Å²) >= 11 is 6.11. The lowest BCUT2D eigenvalue weighted by Gasteiger charge is -2.07. The molecule has 0 spiro atoms. The molecule has 1 aromatic carbocycles. The van der Waals surface area contributed by atoms with Gasteiger partial charge in [-0.15, -0.1) is 0 Å². The predicted molar refractivity (Wildman–Crippen MR) is 84.5 cm³/mol. The first-order valence-corrected chi connectivity index (χ1v) is 8.63. The van der Waals surface area contributed by atoms with Crippen LogP contribution >= 0.6 is 11.6 Å². The zero-order valence-corrected chi connectivity index (χ0v) is 13.6. The molecule has 0 aliphatic rings. The summed E-state index contributed by atoms with van der Waals surface area (Å²) in [4.78, 5) is 12.1. The molecule has 2 aromatic rings. The zero-order valence-electron chi connectivity index (χ0n) is 12.0. The minimum atomic E-state index is -3.32. The first-order valence-electron chi connectivity index (χ1n) is 6.36. The highest BCUT2D eigenvalue weighted by molar-refractivity contribution is 7.88. The largest absolute Gasteiger partial charge is 0.455 e. The Kier molecular flexibility index (Phi) is 4.90. The Hall–Kier alpha value is -1.83. The van der Waals surface area contributed by atoms with E-state index >= 15 is 0 Å². The van der Waals surface area contributed by atoms with Gasteiger partial charge in [-0.05, 0) is 30.7 Å². The lowest BCUT2D eigenvalue weighted by Crippen LogP contribution is -2.20. The average molecular weight is 343 g/mol. The molecule has 0 bridgehead atoms. The Morgan fingerprint density at radius 1 is 1.27 bits per heavy atom. The molecule has 0 saturated carbocycles. The number of nitrogens with one attached hydrogen (secondary N) is 2. The molecule has 118 valence electrons. The Bertz CT molecular complexity index is 799. The highest BCUT2D eigenvalue weighted by Gasteiger charge is 2.14. The number of rotatable bonds is 5. The Morgan fingerprint density at radius 2 is 2.00 bits per heavy atom. The third-order valence-electron chi connectivity index (χ3n) is 2.83. The molecule has 1 aromatic heterocycles. The summed E-state index contributed by atoms with van der Waals surface area (Å²) in [6.07, 6.45) is 1.04. The van der Waals surface area contributed by atoms with Gasteiger partial charge in [0.15, 0.2) is 5.76 Å². The summed E-state index contributed by atoms with van der Waals surface area (Å²) in [5, 5.41) is 3.11. The van der Waals surface area contributed by atoms with Crippen molar-refractivity contribution in [2.75, 3.05) is 11.6 Å². The first-order chi connectivity index (χ1) is 10.3. The molecule has 1 heterocycles. The van der Waals surface area contributed by atoms with Gasteiger partial charge < -0.3 is 9.73 Å². The lowest BCUT2D eigenvalue weighted by atomic mass is 10.2.